The number of nitriles is 1. The van der Waals surface area contributed by atoms with Gasteiger partial charge in [-0.3, -0.25) is 4.90 Å². The molecule has 0 spiro atoms. The van der Waals surface area contributed by atoms with Crippen LogP contribution in [0.2, 0.25) is 0 Å². The molecule has 5 nitrogen and oxygen atoms in total. The van der Waals surface area contributed by atoms with Crippen LogP contribution in [0, 0.1) is 11.3 Å². The Bertz CT molecular complexity index is 912. The largest absolute Gasteiger partial charge is 0.354 e. The van der Waals surface area contributed by atoms with Gasteiger partial charge in [-0.15, -0.1) is 0 Å². The third-order valence-corrected chi connectivity index (χ3v) is 4.91. The number of aromatic nitrogens is 2. The SMILES string of the molecule is N#C[C@H](c1ccccc1)N1CCN(c2ccnc(-c3ccccc3)n2)CC1. The molecule has 2 heterocycles. The van der Waals surface area contributed by atoms with Crippen molar-refractivity contribution in [1.29, 1.82) is 5.26 Å². The molecule has 1 atom stereocenters. The number of anilines is 1. The predicted octanol–water partition coefficient (Wildman–Crippen LogP) is 3.53. The molecule has 0 bridgehead atoms. The molecule has 1 fully saturated rings. The summed E-state index contributed by atoms with van der Waals surface area (Å²) in [5.74, 6) is 1.69. The van der Waals surface area contributed by atoms with E-state index in [1.165, 1.54) is 0 Å². The van der Waals surface area contributed by atoms with Gasteiger partial charge in [0.15, 0.2) is 5.82 Å². The summed E-state index contributed by atoms with van der Waals surface area (Å²) >= 11 is 0. The Morgan fingerprint density at radius 1 is 0.852 bits per heavy atom. The summed E-state index contributed by atoms with van der Waals surface area (Å²) in [5.41, 5.74) is 2.08. The van der Waals surface area contributed by atoms with E-state index in [-0.39, 0.29) is 6.04 Å². The first-order chi connectivity index (χ1) is 13.3. The fraction of sp³-hybridized carbons (Fsp3) is 0.227. The van der Waals surface area contributed by atoms with Crippen molar-refractivity contribution >= 4 is 5.82 Å². The molecule has 0 unspecified atom stereocenters. The van der Waals surface area contributed by atoms with E-state index in [1.807, 2.05) is 72.9 Å². The molecule has 1 aliphatic heterocycles. The van der Waals surface area contributed by atoms with Crippen molar-refractivity contribution in [2.45, 2.75) is 6.04 Å². The highest BCUT2D eigenvalue weighted by Gasteiger charge is 2.25. The lowest BCUT2D eigenvalue weighted by Crippen LogP contribution is -2.47. The first kappa shape index (κ1) is 17.2. The van der Waals surface area contributed by atoms with Crippen LogP contribution >= 0.6 is 0 Å². The van der Waals surface area contributed by atoms with Gasteiger partial charge in [-0.05, 0) is 11.6 Å². The third-order valence-electron chi connectivity index (χ3n) is 4.91. The predicted molar refractivity (Wildman–Crippen MR) is 106 cm³/mol. The van der Waals surface area contributed by atoms with Gasteiger partial charge in [0.25, 0.3) is 0 Å². The maximum absolute atomic E-state index is 9.65. The van der Waals surface area contributed by atoms with E-state index in [0.717, 1.165) is 48.9 Å². The molecular weight excluding hydrogens is 334 g/mol. The molecule has 0 N–H and O–H groups in total. The van der Waals surface area contributed by atoms with Gasteiger partial charge >= 0.3 is 0 Å². The van der Waals surface area contributed by atoms with Crippen LogP contribution in [0.4, 0.5) is 5.82 Å². The second-order valence-electron chi connectivity index (χ2n) is 6.57. The Labute approximate surface area is 159 Å². The highest BCUT2D eigenvalue weighted by Crippen LogP contribution is 2.24. The van der Waals surface area contributed by atoms with Crippen LogP contribution in [-0.2, 0) is 0 Å². The molecule has 1 aliphatic rings. The minimum absolute atomic E-state index is 0.196. The van der Waals surface area contributed by atoms with Crippen LogP contribution in [0.1, 0.15) is 11.6 Å². The number of benzene rings is 2. The van der Waals surface area contributed by atoms with Gasteiger partial charge in [0.1, 0.15) is 11.9 Å². The van der Waals surface area contributed by atoms with Gasteiger partial charge in [-0.1, -0.05) is 60.7 Å². The van der Waals surface area contributed by atoms with E-state index in [0.29, 0.717) is 0 Å². The zero-order chi connectivity index (χ0) is 18.5. The number of hydrogen-bond donors (Lipinski definition) is 0. The van der Waals surface area contributed by atoms with Gasteiger partial charge in [-0.2, -0.15) is 5.26 Å². The fourth-order valence-corrected chi connectivity index (χ4v) is 3.46. The van der Waals surface area contributed by atoms with Crippen LogP contribution < -0.4 is 4.90 Å². The number of rotatable bonds is 4. The Kier molecular flexibility index (Phi) is 5.08. The monoisotopic (exact) mass is 355 g/mol. The summed E-state index contributed by atoms with van der Waals surface area (Å²) in [7, 11) is 0. The van der Waals surface area contributed by atoms with E-state index >= 15 is 0 Å². The molecule has 2 aromatic carbocycles. The van der Waals surface area contributed by atoms with E-state index in [4.69, 9.17) is 4.98 Å². The van der Waals surface area contributed by atoms with Gasteiger partial charge in [0.2, 0.25) is 0 Å². The molecule has 134 valence electrons. The van der Waals surface area contributed by atoms with Crippen LogP contribution in [0.25, 0.3) is 11.4 Å². The maximum atomic E-state index is 9.65. The summed E-state index contributed by atoms with van der Waals surface area (Å²) in [6, 6.07) is 24.3. The molecule has 0 radical (unpaired) electrons. The highest BCUT2D eigenvalue weighted by atomic mass is 15.3. The number of nitrogens with zero attached hydrogens (tertiary/aromatic N) is 5. The smallest absolute Gasteiger partial charge is 0.161 e. The third kappa shape index (κ3) is 3.81. The van der Waals surface area contributed by atoms with Crippen molar-refractivity contribution in [2.24, 2.45) is 0 Å². The molecule has 27 heavy (non-hydrogen) atoms. The molecule has 4 rings (SSSR count). The van der Waals surface area contributed by atoms with Gasteiger partial charge < -0.3 is 4.90 Å². The van der Waals surface area contributed by atoms with Crippen molar-refractivity contribution in [3.05, 3.63) is 78.5 Å². The zero-order valence-corrected chi connectivity index (χ0v) is 15.1. The minimum atomic E-state index is -0.196. The van der Waals surface area contributed by atoms with E-state index < -0.39 is 0 Å². The quantitative estimate of drug-likeness (QED) is 0.717. The summed E-state index contributed by atoms with van der Waals surface area (Å²) in [5, 5.41) is 9.65. The Hall–Kier alpha value is -3.23. The number of piperazine rings is 1. The van der Waals surface area contributed by atoms with Crippen LogP contribution in [0.5, 0.6) is 0 Å². The average Bonchev–Trinajstić information content (AvgIpc) is 2.76. The fourth-order valence-electron chi connectivity index (χ4n) is 3.46. The topological polar surface area (TPSA) is 56.1 Å². The zero-order valence-electron chi connectivity index (χ0n) is 15.1. The lowest BCUT2D eigenvalue weighted by molar-refractivity contribution is 0.222. The van der Waals surface area contributed by atoms with E-state index in [9.17, 15) is 5.26 Å². The maximum Gasteiger partial charge on any atom is 0.161 e. The number of hydrogen-bond acceptors (Lipinski definition) is 5. The van der Waals surface area contributed by atoms with Crippen LogP contribution in [0.15, 0.2) is 72.9 Å². The second-order valence-corrected chi connectivity index (χ2v) is 6.57. The van der Waals surface area contributed by atoms with Crippen molar-refractivity contribution in [2.75, 3.05) is 31.1 Å². The van der Waals surface area contributed by atoms with Gasteiger partial charge in [0, 0.05) is 37.9 Å². The standard InChI is InChI=1S/C22H21N5/c23-17-20(18-7-3-1-4-8-18)26-13-15-27(16-14-26)21-11-12-24-22(25-21)19-9-5-2-6-10-19/h1-12,20H,13-16H2/t20-/m1/s1. The Balaban J connectivity index is 1.46. The first-order valence-corrected chi connectivity index (χ1v) is 9.17. The second kappa shape index (κ2) is 7.98. The summed E-state index contributed by atoms with van der Waals surface area (Å²) in [6.45, 7) is 3.35. The molecule has 0 saturated carbocycles. The molecule has 5 heteroatoms. The van der Waals surface area contributed by atoms with Gasteiger partial charge in [-0.25, -0.2) is 9.97 Å². The summed E-state index contributed by atoms with van der Waals surface area (Å²) in [4.78, 5) is 13.7. The van der Waals surface area contributed by atoms with Crippen molar-refractivity contribution < 1.29 is 0 Å². The highest BCUT2D eigenvalue weighted by molar-refractivity contribution is 5.57. The van der Waals surface area contributed by atoms with Crippen molar-refractivity contribution in [3.63, 3.8) is 0 Å². The lowest BCUT2D eigenvalue weighted by atomic mass is 10.1. The van der Waals surface area contributed by atoms with Gasteiger partial charge in [0.05, 0.1) is 6.07 Å². The molecule has 0 amide bonds. The van der Waals surface area contributed by atoms with Crippen molar-refractivity contribution in [1.82, 2.24) is 14.9 Å². The van der Waals surface area contributed by atoms with E-state index in [1.54, 1.807) is 0 Å². The van der Waals surface area contributed by atoms with Crippen LogP contribution in [0.3, 0.4) is 0 Å². The summed E-state index contributed by atoms with van der Waals surface area (Å²) in [6.07, 6.45) is 1.82. The lowest BCUT2D eigenvalue weighted by Gasteiger charge is -2.37. The first-order valence-electron chi connectivity index (χ1n) is 9.17. The van der Waals surface area contributed by atoms with Crippen LogP contribution in [-0.4, -0.2) is 41.0 Å². The molecule has 3 aromatic rings. The molecule has 1 saturated heterocycles. The van der Waals surface area contributed by atoms with Crippen molar-refractivity contribution in [3.8, 4) is 17.5 Å². The van der Waals surface area contributed by atoms with E-state index in [2.05, 4.69) is 20.9 Å². The summed E-state index contributed by atoms with van der Waals surface area (Å²) < 4.78 is 0. The molecule has 1 aromatic heterocycles. The minimum Gasteiger partial charge on any atom is -0.354 e. The Morgan fingerprint density at radius 2 is 1.52 bits per heavy atom. The molecule has 0 aliphatic carbocycles. The Morgan fingerprint density at radius 3 is 2.19 bits per heavy atom. The average molecular weight is 355 g/mol. The normalized spacial score (nSPS) is 15.9. The molecular formula is C22H21N5.